The number of aliphatic hydroxyl groups excluding tert-OH is 1. The zero-order valence-electron chi connectivity index (χ0n) is 9.62. The molecule has 3 aliphatic heterocycles. The van der Waals surface area contributed by atoms with Crippen LogP contribution in [0.5, 0.6) is 0 Å². The summed E-state index contributed by atoms with van der Waals surface area (Å²) in [5.74, 6) is 1.01. The maximum absolute atomic E-state index is 8.94. The van der Waals surface area contributed by atoms with E-state index in [1.165, 1.54) is 0 Å². The number of nitrogens with two attached hydrogens (primary N) is 1. The highest BCUT2D eigenvalue weighted by Gasteiger charge is 2.35. The van der Waals surface area contributed by atoms with Gasteiger partial charge in [0.2, 0.25) is 5.89 Å². The van der Waals surface area contributed by atoms with E-state index >= 15 is 0 Å². The van der Waals surface area contributed by atoms with Crippen molar-refractivity contribution in [1.29, 1.82) is 0 Å². The molecule has 0 radical (unpaired) electrons. The zero-order chi connectivity index (χ0) is 11.8. The minimum Gasteiger partial charge on any atom is -0.394 e. The Labute approximate surface area is 99.2 Å². The van der Waals surface area contributed by atoms with Crippen molar-refractivity contribution in [1.82, 2.24) is 19.9 Å². The van der Waals surface area contributed by atoms with Gasteiger partial charge < -0.3 is 15.4 Å². The van der Waals surface area contributed by atoms with Gasteiger partial charge in [0.25, 0.3) is 0 Å². The minimum absolute atomic E-state index is 0.178. The molecule has 4 heterocycles. The van der Waals surface area contributed by atoms with E-state index in [0.29, 0.717) is 11.7 Å². The number of aliphatic hydroxyl groups is 1. The average Bonchev–Trinajstić information content (AvgIpc) is 2.88. The molecule has 0 saturated carbocycles. The summed E-state index contributed by atoms with van der Waals surface area (Å²) >= 11 is 0. The highest BCUT2D eigenvalue weighted by molar-refractivity contribution is 5.02. The Balaban J connectivity index is 1.78. The summed E-state index contributed by atoms with van der Waals surface area (Å²) in [6, 6.07) is -0.367. The van der Waals surface area contributed by atoms with Crippen molar-refractivity contribution in [2.75, 3.05) is 39.3 Å². The number of hydrogen-bond acceptors (Lipinski definition) is 7. The lowest BCUT2D eigenvalue weighted by molar-refractivity contribution is 0.00781. The summed E-state index contributed by atoms with van der Waals surface area (Å²) < 4.78 is 5.09. The van der Waals surface area contributed by atoms with Gasteiger partial charge in [0.05, 0.1) is 12.6 Å². The van der Waals surface area contributed by atoms with E-state index in [4.69, 9.17) is 15.4 Å². The molecule has 3 saturated heterocycles. The molecule has 94 valence electrons. The summed E-state index contributed by atoms with van der Waals surface area (Å²) in [5.41, 5.74) is 5.64. The van der Waals surface area contributed by atoms with Gasteiger partial charge in [-0.2, -0.15) is 4.98 Å². The smallest absolute Gasteiger partial charge is 0.245 e. The van der Waals surface area contributed by atoms with E-state index in [2.05, 4.69) is 19.9 Å². The summed E-state index contributed by atoms with van der Waals surface area (Å²) in [4.78, 5) is 9.08. The van der Waals surface area contributed by atoms with Gasteiger partial charge in [-0.05, 0) is 0 Å². The first kappa shape index (κ1) is 11.1. The molecule has 7 heteroatoms. The van der Waals surface area contributed by atoms with Gasteiger partial charge in [-0.3, -0.25) is 9.80 Å². The van der Waals surface area contributed by atoms with Crippen LogP contribution in [0.3, 0.4) is 0 Å². The molecule has 3 N–H and O–H groups in total. The van der Waals surface area contributed by atoms with Crippen molar-refractivity contribution in [2.45, 2.75) is 12.1 Å². The van der Waals surface area contributed by atoms with Crippen LogP contribution in [0.4, 0.5) is 0 Å². The molecule has 1 aromatic rings. The second-order valence-corrected chi connectivity index (χ2v) is 4.63. The number of rotatable bonds is 3. The lowest BCUT2D eigenvalue weighted by Gasteiger charge is -2.46. The second-order valence-electron chi connectivity index (χ2n) is 4.63. The Hall–Kier alpha value is -1.02. The molecule has 2 unspecified atom stereocenters. The van der Waals surface area contributed by atoms with Gasteiger partial charge in [0.1, 0.15) is 6.04 Å². The average molecular weight is 239 g/mol. The van der Waals surface area contributed by atoms with E-state index in [1.807, 2.05) is 0 Å². The van der Waals surface area contributed by atoms with Crippen LogP contribution in [0.25, 0.3) is 0 Å². The maximum Gasteiger partial charge on any atom is 0.245 e. The monoisotopic (exact) mass is 239 g/mol. The Morgan fingerprint density at radius 3 is 2.76 bits per heavy atom. The molecule has 3 fully saturated rings. The van der Waals surface area contributed by atoms with Crippen LogP contribution in [0.15, 0.2) is 4.52 Å². The molecule has 2 atom stereocenters. The van der Waals surface area contributed by atoms with Crippen molar-refractivity contribution in [3.8, 4) is 0 Å². The molecule has 17 heavy (non-hydrogen) atoms. The number of aromatic nitrogens is 2. The maximum atomic E-state index is 8.94. The van der Waals surface area contributed by atoms with Gasteiger partial charge >= 0.3 is 0 Å². The van der Waals surface area contributed by atoms with E-state index < -0.39 is 6.04 Å². The highest BCUT2D eigenvalue weighted by atomic mass is 16.5. The number of piperazine rings is 3. The molecule has 3 aliphatic rings. The molecule has 1 aromatic heterocycles. The summed E-state index contributed by atoms with van der Waals surface area (Å²) in [6.45, 7) is 5.13. The van der Waals surface area contributed by atoms with Crippen LogP contribution in [-0.4, -0.2) is 64.4 Å². The number of fused-ring (bicyclic) bond motifs is 3. The van der Waals surface area contributed by atoms with E-state index in [-0.39, 0.29) is 12.6 Å². The quantitative estimate of drug-likeness (QED) is 0.679. The molecule has 0 aromatic carbocycles. The topological polar surface area (TPSA) is 91.7 Å². The molecule has 0 spiro atoms. The van der Waals surface area contributed by atoms with E-state index in [1.54, 1.807) is 0 Å². The Morgan fingerprint density at radius 2 is 2.18 bits per heavy atom. The molecule has 0 amide bonds. The lowest BCUT2D eigenvalue weighted by atomic mass is 10.1. The summed E-state index contributed by atoms with van der Waals surface area (Å²) in [6.07, 6.45) is 0. The van der Waals surface area contributed by atoms with Gasteiger partial charge in [-0.1, -0.05) is 5.16 Å². The summed E-state index contributed by atoms with van der Waals surface area (Å²) in [5, 5.41) is 12.9. The fraction of sp³-hybridized carbons (Fsp3) is 0.800. The molecule has 0 aliphatic carbocycles. The Bertz CT molecular complexity index is 388. The molecule has 2 bridgehead atoms. The largest absolute Gasteiger partial charge is 0.394 e. The predicted molar refractivity (Wildman–Crippen MR) is 59.1 cm³/mol. The Kier molecular flexibility index (Phi) is 2.83. The molecular formula is C10H17N5O2. The molecular weight excluding hydrogens is 222 g/mol. The third-order valence-electron chi connectivity index (χ3n) is 3.55. The highest BCUT2D eigenvalue weighted by Crippen LogP contribution is 2.27. The third-order valence-corrected chi connectivity index (χ3v) is 3.55. The summed E-state index contributed by atoms with van der Waals surface area (Å²) in [7, 11) is 0. The van der Waals surface area contributed by atoms with Crippen LogP contribution in [0.1, 0.15) is 23.8 Å². The van der Waals surface area contributed by atoms with E-state index in [9.17, 15) is 0 Å². The normalized spacial score (nSPS) is 33.9. The van der Waals surface area contributed by atoms with Crippen molar-refractivity contribution in [2.24, 2.45) is 5.73 Å². The fourth-order valence-electron chi connectivity index (χ4n) is 2.47. The van der Waals surface area contributed by atoms with Gasteiger partial charge in [0, 0.05) is 32.7 Å². The number of nitrogens with zero attached hydrogens (tertiary/aromatic N) is 4. The van der Waals surface area contributed by atoms with Crippen LogP contribution < -0.4 is 5.73 Å². The first-order chi connectivity index (χ1) is 8.28. The van der Waals surface area contributed by atoms with Crippen LogP contribution in [-0.2, 0) is 0 Å². The Morgan fingerprint density at radius 1 is 1.41 bits per heavy atom. The zero-order valence-corrected chi connectivity index (χ0v) is 9.62. The van der Waals surface area contributed by atoms with Gasteiger partial charge in [0.15, 0.2) is 5.82 Å². The SMILES string of the molecule is NC(CO)c1nc(C2CN3CCN2CC3)no1. The van der Waals surface area contributed by atoms with Crippen molar-refractivity contribution < 1.29 is 9.63 Å². The van der Waals surface area contributed by atoms with Gasteiger partial charge in [-0.25, -0.2) is 0 Å². The van der Waals surface area contributed by atoms with E-state index in [0.717, 1.165) is 32.7 Å². The fourth-order valence-corrected chi connectivity index (χ4v) is 2.47. The van der Waals surface area contributed by atoms with Crippen LogP contribution >= 0.6 is 0 Å². The molecule has 4 rings (SSSR count). The minimum atomic E-state index is -0.577. The number of hydrogen-bond donors (Lipinski definition) is 2. The second kappa shape index (κ2) is 4.34. The van der Waals surface area contributed by atoms with Gasteiger partial charge in [-0.15, -0.1) is 0 Å². The van der Waals surface area contributed by atoms with Crippen molar-refractivity contribution in [3.05, 3.63) is 11.7 Å². The molecule has 7 nitrogen and oxygen atoms in total. The third kappa shape index (κ3) is 1.95. The standard InChI is InChI=1S/C10H17N5O2/c11-7(6-16)10-12-9(13-17-10)8-5-14-1-3-15(8)4-2-14/h7-8,16H,1-6,11H2. The van der Waals surface area contributed by atoms with Crippen molar-refractivity contribution >= 4 is 0 Å². The first-order valence-corrected chi connectivity index (χ1v) is 5.94. The van der Waals surface area contributed by atoms with Crippen molar-refractivity contribution in [3.63, 3.8) is 0 Å². The van der Waals surface area contributed by atoms with Crippen LogP contribution in [0.2, 0.25) is 0 Å². The lowest BCUT2D eigenvalue weighted by Crippen LogP contribution is -2.57. The van der Waals surface area contributed by atoms with Crippen LogP contribution in [0, 0.1) is 0 Å². The first-order valence-electron chi connectivity index (χ1n) is 5.94. The predicted octanol–water partition coefficient (Wildman–Crippen LogP) is -1.27.